The van der Waals surface area contributed by atoms with E-state index in [1.54, 1.807) is 0 Å². The maximum atomic E-state index is 6.89. The monoisotopic (exact) mass is 403 g/mol. The van der Waals surface area contributed by atoms with Gasteiger partial charge < -0.3 is 5.73 Å². The maximum absolute atomic E-state index is 6.89. The maximum Gasteiger partial charge on any atom is 0.0570 e. The number of rotatable bonds is 5. The average molecular weight is 404 g/mol. The zero-order valence-corrected chi connectivity index (χ0v) is 18.3. The van der Waals surface area contributed by atoms with Crippen LogP contribution in [0.1, 0.15) is 37.4 Å². The van der Waals surface area contributed by atoms with Gasteiger partial charge >= 0.3 is 0 Å². The van der Waals surface area contributed by atoms with E-state index >= 15 is 0 Å². The molecule has 0 spiro atoms. The first-order valence-corrected chi connectivity index (χ1v) is 10.8. The minimum atomic E-state index is -0.156. The Bertz CT molecular complexity index is 1290. The molecule has 1 heteroatoms. The van der Waals surface area contributed by atoms with Gasteiger partial charge in [0.25, 0.3) is 0 Å². The fourth-order valence-electron chi connectivity index (χ4n) is 4.36. The predicted molar refractivity (Wildman–Crippen MR) is 137 cm³/mol. The van der Waals surface area contributed by atoms with Crippen LogP contribution < -0.4 is 5.73 Å². The van der Waals surface area contributed by atoms with Crippen molar-refractivity contribution in [3.05, 3.63) is 126 Å². The third-order valence-electron chi connectivity index (χ3n) is 5.86. The van der Waals surface area contributed by atoms with Gasteiger partial charge in [0.05, 0.1) is 6.04 Å². The van der Waals surface area contributed by atoms with E-state index in [0.29, 0.717) is 0 Å². The highest BCUT2D eigenvalue weighted by Crippen LogP contribution is 2.47. The first-order valence-electron chi connectivity index (χ1n) is 10.8. The van der Waals surface area contributed by atoms with Crippen molar-refractivity contribution in [2.24, 2.45) is 5.73 Å². The Morgan fingerprint density at radius 3 is 2.61 bits per heavy atom. The molecule has 1 aliphatic rings. The molecule has 0 bridgehead atoms. The SMILES string of the molecule is C=CC/C=C/C(C)=C/C=C1\C(=C\C=C\C)C(N)c2c1ccc1ccc3ccccc3c21. The molecule has 0 heterocycles. The average Bonchev–Trinajstić information content (AvgIpc) is 3.07. The molecule has 0 fully saturated rings. The fraction of sp³-hybridized carbons (Fsp3) is 0.133. The van der Waals surface area contributed by atoms with Crippen molar-refractivity contribution in [2.75, 3.05) is 0 Å². The van der Waals surface area contributed by atoms with Crippen molar-refractivity contribution in [1.29, 1.82) is 0 Å². The summed E-state index contributed by atoms with van der Waals surface area (Å²) in [7, 11) is 0. The van der Waals surface area contributed by atoms with Crippen LogP contribution in [0.25, 0.3) is 27.1 Å². The van der Waals surface area contributed by atoms with E-state index in [1.807, 2.05) is 19.1 Å². The van der Waals surface area contributed by atoms with Crippen LogP contribution in [0.2, 0.25) is 0 Å². The highest BCUT2D eigenvalue weighted by atomic mass is 14.7. The normalized spacial score (nSPS) is 19.5. The number of fused-ring (bicyclic) bond motifs is 5. The first kappa shape index (κ1) is 20.8. The van der Waals surface area contributed by atoms with Gasteiger partial charge in [-0.1, -0.05) is 103 Å². The van der Waals surface area contributed by atoms with Crippen molar-refractivity contribution in [3.63, 3.8) is 0 Å². The number of benzene rings is 3. The third-order valence-corrected chi connectivity index (χ3v) is 5.86. The molecule has 1 unspecified atom stereocenters. The second-order valence-electron chi connectivity index (χ2n) is 7.95. The van der Waals surface area contributed by atoms with Gasteiger partial charge in [-0.25, -0.2) is 0 Å². The molecule has 0 aromatic heterocycles. The lowest BCUT2D eigenvalue weighted by atomic mass is 9.93. The van der Waals surface area contributed by atoms with Gasteiger partial charge in [-0.3, -0.25) is 0 Å². The second kappa shape index (κ2) is 9.16. The second-order valence-corrected chi connectivity index (χ2v) is 7.95. The van der Waals surface area contributed by atoms with Crippen molar-refractivity contribution in [3.8, 4) is 0 Å². The summed E-state index contributed by atoms with van der Waals surface area (Å²) in [5, 5.41) is 5.01. The molecule has 154 valence electrons. The predicted octanol–water partition coefficient (Wildman–Crippen LogP) is 7.97. The van der Waals surface area contributed by atoms with Crippen LogP contribution >= 0.6 is 0 Å². The van der Waals surface area contributed by atoms with Crippen LogP contribution in [-0.2, 0) is 0 Å². The lowest BCUT2D eigenvalue weighted by Crippen LogP contribution is -2.08. The van der Waals surface area contributed by atoms with E-state index in [0.717, 1.165) is 12.0 Å². The molecule has 0 saturated heterocycles. The topological polar surface area (TPSA) is 26.0 Å². The molecule has 0 radical (unpaired) electrons. The fourth-order valence-corrected chi connectivity index (χ4v) is 4.36. The van der Waals surface area contributed by atoms with Gasteiger partial charge in [-0.2, -0.15) is 0 Å². The summed E-state index contributed by atoms with van der Waals surface area (Å²) >= 11 is 0. The Balaban J connectivity index is 1.96. The van der Waals surface area contributed by atoms with Crippen LogP contribution in [0, 0.1) is 0 Å². The highest BCUT2D eigenvalue weighted by molar-refractivity contribution is 6.12. The minimum absolute atomic E-state index is 0.156. The van der Waals surface area contributed by atoms with E-state index in [4.69, 9.17) is 5.73 Å². The molecule has 1 aliphatic carbocycles. The van der Waals surface area contributed by atoms with Crippen LogP contribution in [-0.4, -0.2) is 0 Å². The molecule has 0 aliphatic heterocycles. The van der Waals surface area contributed by atoms with Gasteiger partial charge in [0, 0.05) is 0 Å². The molecule has 3 aromatic rings. The highest BCUT2D eigenvalue weighted by Gasteiger charge is 2.30. The Morgan fingerprint density at radius 2 is 1.81 bits per heavy atom. The molecule has 0 saturated carbocycles. The van der Waals surface area contributed by atoms with Crippen LogP contribution in [0.15, 0.2) is 115 Å². The van der Waals surface area contributed by atoms with Crippen LogP contribution in [0.5, 0.6) is 0 Å². The Morgan fingerprint density at radius 1 is 1.03 bits per heavy atom. The Kier molecular flexibility index (Phi) is 6.16. The largest absolute Gasteiger partial charge is 0.320 e. The summed E-state index contributed by atoms with van der Waals surface area (Å²) in [6.07, 6.45) is 17.7. The van der Waals surface area contributed by atoms with E-state index in [-0.39, 0.29) is 6.04 Å². The van der Waals surface area contributed by atoms with E-state index in [1.165, 1.54) is 43.8 Å². The molecule has 1 atom stereocenters. The quantitative estimate of drug-likeness (QED) is 0.261. The number of hydrogen-bond acceptors (Lipinski definition) is 1. The van der Waals surface area contributed by atoms with Crippen molar-refractivity contribution >= 4 is 27.1 Å². The van der Waals surface area contributed by atoms with Crippen molar-refractivity contribution in [1.82, 2.24) is 0 Å². The number of allylic oxidation sites excluding steroid dienone is 9. The van der Waals surface area contributed by atoms with Gasteiger partial charge in [0.1, 0.15) is 0 Å². The molecular weight excluding hydrogens is 374 g/mol. The smallest absolute Gasteiger partial charge is 0.0570 e. The first-order chi connectivity index (χ1) is 15.2. The van der Waals surface area contributed by atoms with Gasteiger partial charge in [0.15, 0.2) is 0 Å². The van der Waals surface area contributed by atoms with E-state index in [9.17, 15) is 0 Å². The zero-order valence-electron chi connectivity index (χ0n) is 18.3. The molecule has 2 N–H and O–H groups in total. The zero-order chi connectivity index (χ0) is 21.8. The lowest BCUT2D eigenvalue weighted by molar-refractivity contribution is 0.912. The minimum Gasteiger partial charge on any atom is -0.320 e. The Labute approximate surface area is 185 Å². The Hall–Kier alpha value is -3.42. The van der Waals surface area contributed by atoms with Crippen LogP contribution in [0.4, 0.5) is 0 Å². The summed E-state index contributed by atoms with van der Waals surface area (Å²) in [5.74, 6) is 0. The van der Waals surface area contributed by atoms with E-state index in [2.05, 4.69) is 98.5 Å². The number of nitrogens with two attached hydrogens (primary N) is 1. The summed E-state index contributed by atoms with van der Waals surface area (Å²) < 4.78 is 0. The standard InChI is InChI=1S/C30H29N/c1-4-6-8-11-21(3)15-19-25-26-20-18-23-17-16-22-12-9-10-14-24(22)28(23)29(26)30(31)27(25)13-7-5-2/h4-5,7-20,30H,1,6,31H2,2-3H3/b7-5+,11-8+,21-15+,25-19-,27-13-. The number of hydrogen-bond donors (Lipinski definition) is 1. The molecule has 4 rings (SSSR count). The molecule has 0 amide bonds. The lowest BCUT2D eigenvalue weighted by Gasteiger charge is -2.12. The summed E-state index contributed by atoms with van der Waals surface area (Å²) in [6, 6.07) is 17.3. The molecule has 3 aromatic carbocycles. The van der Waals surface area contributed by atoms with E-state index < -0.39 is 0 Å². The van der Waals surface area contributed by atoms with Gasteiger partial charge in [-0.05, 0) is 64.1 Å². The van der Waals surface area contributed by atoms with Gasteiger partial charge in [0.2, 0.25) is 0 Å². The molecular formula is C30H29N. The third kappa shape index (κ3) is 3.97. The summed E-state index contributed by atoms with van der Waals surface area (Å²) in [5.41, 5.74) is 12.9. The molecule has 1 nitrogen and oxygen atoms in total. The van der Waals surface area contributed by atoms with Crippen LogP contribution in [0.3, 0.4) is 0 Å². The molecule has 31 heavy (non-hydrogen) atoms. The van der Waals surface area contributed by atoms with Crippen molar-refractivity contribution < 1.29 is 0 Å². The summed E-state index contributed by atoms with van der Waals surface area (Å²) in [6.45, 7) is 7.93. The summed E-state index contributed by atoms with van der Waals surface area (Å²) in [4.78, 5) is 0. The van der Waals surface area contributed by atoms with Crippen molar-refractivity contribution in [2.45, 2.75) is 26.3 Å². The van der Waals surface area contributed by atoms with Gasteiger partial charge in [-0.15, -0.1) is 6.58 Å².